The molecule has 0 heterocycles. The van der Waals surface area contributed by atoms with E-state index in [4.69, 9.17) is 5.11 Å². The van der Waals surface area contributed by atoms with Crippen LogP contribution in [0.25, 0.3) is 0 Å². The average molecular weight is 182 g/mol. The summed E-state index contributed by atoms with van der Waals surface area (Å²) in [5, 5.41) is 9.02. The molecule has 0 bridgehead atoms. The Morgan fingerprint density at radius 1 is 1.62 bits per heavy atom. The van der Waals surface area contributed by atoms with Crippen LogP contribution in [-0.4, -0.2) is 11.1 Å². The molecule has 0 saturated heterocycles. The number of carboxylic acids is 1. The number of carboxylic acid groups (broad SMARTS) is 1. The Kier molecular flexibility index (Phi) is 2.79. The van der Waals surface area contributed by atoms with Crippen LogP contribution in [0, 0.1) is 11.3 Å². The molecule has 1 atom stereocenters. The maximum absolute atomic E-state index is 11.0. The van der Waals surface area contributed by atoms with Crippen molar-refractivity contribution in [1.82, 2.24) is 0 Å². The minimum Gasteiger partial charge on any atom is -0.481 e. The van der Waals surface area contributed by atoms with Crippen molar-refractivity contribution >= 4 is 5.97 Å². The Hall–Kier alpha value is -0.790. The zero-order valence-corrected chi connectivity index (χ0v) is 8.63. The van der Waals surface area contributed by atoms with Crippen molar-refractivity contribution in [3.8, 4) is 0 Å². The van der Waals surface area contributed by atoms with E-state index in [9.17, 15) is 4.79 Å². The number of carbonyl (C=O) groups is 1. The van der Waals surface area contributed by atoms with Crippen molar-refractivity contribution in [3.63, 3.8) is 0 Å². The van der Waals surface area contributed by atoms with Gasteiger partial charge in [0.25, 0.3) is 0 Å². The molecule has 2 heteroatoms. The third-order valence-corrected chi connectivity index (χ3v) is 3.01. The summed E-state index contributed by atoms with van der Waals surface area (Å²) in [5.74, 6) is 0.00153. The minimum atomic E-state index is -0.715. The highest BCUT2D eigenvalue weighted by atomic mass is 16.4. The highest BCUT2D eigenvalue weighted by Gasteiger charge is 2.32. The molecule has 0 fully saturated rings. The first-order valence-electron chi connectivity index (χ1n) is 4.87. The van der Waals surface area contributed by atoms with Crippen molar-refractivity contribution in [1.29, 1.82) is 0 Å². The second kappa shape index (κ2) is 3.52. The van der Waals surface area contributed by atoms with Crippen molar-refractivity contribution in [3.05, 3.63) is 11.6 Å². The molecule has 1 N–H and O–H groups in total. The quantitative estimate of drug-likeness (QED) is 0.667. The summed E-state index contributed by atoms with van der Waals surface area (Å²) in [6.07, 6.45) is 5.22. The van der Waals surface area contributed by atoms with Gasteiger partial charge in [-0.1, -0.05) is 18.6 Å². The van der Waals surface area contributed by atoms with E-state index >= 15 is 0 Å². The van der Waals surface area contributed by atoms with Gasteiger partial charge in [0.05, 0.1) is 5.41 Å². The molecule has 0 spiro atoms. The largest absolute Gasteiger partial charge is 0.481 e. The molecule has 0 radical (unpaired) electrons. The number of allylic oxidation sites excluding steroid dienone is 1. The normalized spacial score (nSPS) is 23.9. The second-order valence-electron chi connectivity index (χ2n) is 4.54. The predicted molar refractivity (Wildman–Crippen MR) is 52.5 cm³/mol. The molecule has 1 aliphatic carbocycles. The van der Waals surface area contributed by atoms with Gasteiger partial charge in [0.1, 0.15) is 0 Å². The molecule has 1 aliphatic rings. The monoisotopic (exact) mass is 182 g/mol. The Labute approximate surface area is 79.6 Å². The Bertz CT molecular complexity index is 238. The number of hydrogen-bond donors (Lipinski definition) is 1. The van der Waals surface area contributed by atoms with Gasteiger partial charge in [-0.05, 0) is 39.0 Å². The molecule has 2 nitrogen and oxygen atoms in total. The van der Waals surface area contributed by atoms with Crippen LogP contribution in [0.5, 0.6) is 0 Å². The van der Waals surface area contributed by atoms with Gasteiger partial charge < -0.3 is 5.11 Å². The van der Waals surface area contributed by atoms with Crippen LogP contribution < -0.4 is 0 Å². The van der Waals surface area contributed by atoms with Crippen LogP contribution in [0.2, 0.25) is 0 Å². The second-order valence-corrected chi connectivity index (χ2v) is 4.54. The van der Waals surface area contributed by atoms with Crippen LogP contribution in [0.3, 0.4) is 0 Å². The summed E-state index contributed by atoms with van der Waals surface area (Å²) < 4.78 is 0. The predicted octanol–water partition coefficient (Wildman–Crippen LogP) is 2.84. The van der Waals surface area contributed by atoms with E-state index in [1.165, 1.54) is 0 Å². The lowest BCUT2D eigenvalue weighted by molar-refractivity contribution is -0.145. The SMILES string of the molecule is CC1CC=C(C(C)(C)C(=O)O)CC1. The molecular formula is C11H18O2. The zero-order chi connectivity index (χ0) is 10.1. The van der Waals surface area contributed by atoms with Crippen LogP contribution in [-0.2, 0) is 4.79 Å². The average Bonchev–Trinajstić information content (AvgIpc) is 2.04. The van der Waals surface area contributed by atoms with Gasteiger partial charge in [0, 0.05) is 0 Å². The van der Waals surface area contributed by atoms with E-state index in [-0.39, 0.29) is 0 Å². The smallest absolute Gasteiger partial charge is 0.313 e. The maximum Gasteiger partial charge on any atom is 0.313 e. The highest BCUT2D eigenvalue weighted by Crippen LogP contribution is 2.35. The van der Waals surface area contributed by atoms with Crippen LogP contribution in [0.4, 0.5) is 0 Å². The molecular weight excluding hydrogens is 164 g/mol. The lowest BCUT2D eigenvalue weighted by atomic mass is 9.76. The molecule has 0 saturated carbocycles. The van der Waals surface area contributed by atoms with Gasteiger partial charge in [-0.2, -0.15) is 0 Å². The number of rotatable bonds is 2. The van der Waals surface area contributed by atoms with E-state index in [1.54, 1.807) is 13.8 Å². The molecule has 13 heavy (non-hydrogen) atoms. The third-order valence-electron chi connectivity index (χ3n) is 3.01. The summed E-state index contributed by atoms with van der Waals surface area (Å²) in [6, 6.07) is 0. The maximum atomic E-state index is 11.0. The van der Waals surface area contributed by atoms with E-state index in [1.807, 2.05) is 0 Å². The summed E-state index contributed by atoms with van der Waals surface area (Å²) >= 11 is 0. The van der Waals surface area contributed by atoms with Crippen molar-refractivity contribution in [2.45, 2.75) is 40.0 Å². The van der Waals surface area contributed by atoms with Crippen molar-refractivity contribution in [2.24, 2.45) is 11.3 Å². The summed E-state index contributed by atoms with van der Waals surface area (Å²) in [6.45, 7) is 5.79. The standard InChI is InChI=1S/C11H18O2/c1-8-4-6-9(7-5-8)11(2,3)10(12)13/h6,8H,4-5,7H2,1-3H3,(H,12,13). The zero-order valence-electron chi connectivity index (χ0n) is 8.63. The Morgan fingerprint density at radius 2 is 2.23 bits per heavy atom. The van der Waals surface area contributed by atoms with Crippen LogP contribution in [0.1, 0.15) is 40.0 Å². The molecule has 0 aliphatic heterocycles. The molecule has 74 valence electrons. The van der Waals surface area contributed by atoms with E-state index in [0.29, 0.717) is 5.92 Å². The summed E-state index contributed by atoms with van der Waals surface area (Å²) in [7, 11) is 0. The topological polar surface area (TPSA) is 37.3 Å². The van der Waals surface area contributed by atoms with Gasteiger partial charge in [0.15, 0.2) is 0 Å². The lowest BCUT2D eigenvalue weighted by Crippen LogP contribution is -2.27. The molecule has 1 unspecified atom stereocenters. The fourth-order valence-corrected chi connectivity index (χ4v) is 1.67. The highest BCUT2D eigenvalue weighted by molar-refractivity contribution is 5.77. The number of hydrogen-bond acceptors (Lipinski definition) is 1. The fraction of sp³-hybridized carbons (Fsp3) is 0.727. The van der Waals surface area contributed by atoms with E-state index in [0.717, 1.165) is 24.8 Å². The van der Waals surface area contributed by atoms with Gasteiger partial charge in [-0.3, -0.25) is 4.79 Å². The summed E-state index contributed by atoms with van der Waals surface area (Å²) in [5.41, 5.74) is 0.429. The Balaban J connectivity index is 2.78. The first-order valence-corrected chi connectivity index (χ1v) is 4.87. The molecule has 0 aromatic rings. The number of aliphatic carboxylic acids is 1. The van der Waals surface area contributed by atoms with Crippen LogP contribution in [0.15, 0.2) is 11.6 Å². The fourth-order valence-electron chi connectivity index (χ4n) is 1.67. The van der Waals surface area contributed by atoms with Crippen molar-refractivity contribution < 1.29 is 9.90 Å². The Morgan fingerprint density at radius 3 is 2.62 bits per heavy atom. The molecule has 0 aromatic carbocycles. The molecule has 0 amide bonds. The lowest BCUT2D eigenvalue weighted by Gasteiger charge is -2.28. The third kappa shape index (κ3) is 2.11. The van der Waals surface area contributed by atoms with Gasteiger partial charge in [-0.25, -0.2) is 0 Å². The molecule has 0 aromatic heterocycles. The molecule has 1 rings (SSSR count). The minimum absolute atomic E-state index is 0.667. The van der Waals surface area contributed by atoms with E-state index < -0.39 is 11.4 Å². The van der Waals surface area contributed by atoms with Gasteiger partial charge in [-0.15, -0.1) is 0 Å². The van der Waals surface area contributed by atoms with Gasteiger partial charge >= 0.3 is 5.97 Å². The first kappa shape index (κ1) is 10.3. The first-order chi connectivity index (χ1) is 5.94. The van der Waals surface area contributed by atoms with Gasteiger partial charge in [0.2, 0.25) is 0 Å². The summed E-state index contributed by atoms with van der Waals surface area (Å²) in [4.78, 5) is 11.0. The van der Waals surface area contributed by atoms with E-state index in [2.05, 4.69) is 13.0 Å². The van der Waals surface area contributed by atoms with Crippen LogP contribution >= 0.6 is 0 Å². The van der Waals surface area contributed by atoms with Crippen molar-refractivity contribution in [2.75, 3.05) is 0 Å².